The molecule has 2 aliphatic rings. The molecule has 192 valence electrons. The summed E-state index contributed by atoms with van der Waals surface area (Å²) in [4.78, 5) is 0. The molecule has 2 saturated carbocycles. The summed E-state index contributed by atoms with van der Waals surface area (Å²) < 4.78 is 0. The molecule has 35 heavy (non-hydrogen) atoms. The minimum absolute atomic E-state index is 0.502. The van der Waals surface area contributed by atoms with Crippen LogP contribution in [0.1, 0.15) is 149 Å². The van der Waals surface area contributed by atoms with Crippen LogP contribution >= 0.6 is 0 Å². The highest BCUT2D eigenvalue weighted by molar-refractivity contribution is 5.50. The molecule has 2 aromatic rings. The Morgan fingerprint density at radius 3 is 1.37 bits per heavy atom. The predicted molar refractivity (Wildman–Crippen MR) is 148 cm³/mol. The zero-order chi connectivity index (χ0) is 24.6. The van der Waals surface area contributed by atoms with Gasteiger partial charge in [-0.15, -0.1) is 0 Å². The van der Waals surface area contributed by atoms with Crippen LogP contribution in [0, 0.1) is 0 Å². The van der Waals surface area contributed by atoms with Gasteiger partial charge in [0.15, 0.2) is 0 Å². The molecule has 0 aromatic heterocycles. The van der Waals surface area contributed by atoms with Gasteiger partial charge in [0.05, 0.1) is 0 Å². The van der Waals surface area contributed by atoms with Crippen molar-refractivity contribution in [2.75, 3.05) is 0 Å². The lowest BCUT2D eigenvalue weighted by atomic mass is 9.80. The lowest BCUT2D eigenvalue weighted by Crippen LogP contribution is -2.08. The summed E-state index contributed by atoms with van der Waals surface area (Å²) in [6.45, 7) is 4.45. The van der Waals surface area contributed by atoms with Gasteiger partial charge in [0.2, 0.25) is 0 Å². The number of aromatic hydroxyl groups is 2. The van der Waals surface area contributed by atoms with Crippen molar-refractivity contribution >= 4 is 0 Å². The van der Waals surface area contributed by atoms with E-state index in [1.165, 1.54) is 86.5 Å². The maximum Gasteiger partial charge on any atom is 0.122 e. The number of phenolic OH excluding ortho intramolecular Hbond substituents is 2. The fourth-order valence-corrected chi connectivity index (χ4v) is 6.58. The Hall–Kier alpha value is -1.96. The molecule has 0 spiro atoms. The zero-order valence-electron chi connectivity index (χ0n) is 22.4. The predicted octanol–water partition coefficient (Wildman–Crippen LogP) is 9.47. The molecule has 0 radical (unpaired) electrons. The molecule has 0 aliphatic heterocycles. The lowest BCUT2D eigenvalue weighted by molar-refractivity contribution is 0.410. The molecule has 0 saturated heterocycles. The fourth-order valence-electron chi connectivity index (χ4n) is 6.58. The van der Waals surface area contributed by atoms with Gasteiger partial charge in [-0.3, -0.25) is 0 Å². The van der Waals surface area contributed by atoms with Gasteiger partial charge in [0.25, 0.3) is 0 Å². The molecule has 2 nitrogen and oxygen atoms in total. The Morgan fingerprint density at radius 2 is 1.00 bits per heavy atom. The number of aryl methyl sites for hydroxylation is 2. The van der Waals surface area contributed by atoms with Crippen LogP contribution in [-0.2, 0) is 19.3 Å². The molecule has 2 N–H and O–H groups in total. The largest absolute Gasteiger partial charge is 0.507 e. The Labute approximate surface area is 214 Å². The van der Waals surface area contributed by atoms with Crippen LogP contribution in [0.2, 0.25) is 0 Å². The van der Waals surface area contributed by atoms with Crippen molar-refractivity contribution in [1.82, 2.24) is 0 Å². The Balaban J connectivity index is 1.69. The van der Waals surface area contributed by atoms with Gasteiger partial charge in [-0.2, -0.15) is 0 Å². The summed E-state index contributed by atoms with van der Waals surface area (Å²) in [6.07, 6.45) is 19.9. The highest BCUT2D eigenvalue weighted by Gasteiger charge is 2.23. The van der Waals surface area contributed by atoms with E-state index in [1.54, 1.807) is 0 Å². The Kier molecular flexibility index (Phi) is 9.58. The molecule has 2 heteroatoms. The van der Waals surface area contributed by atoms with Gasteiger partial charge >= 0.3 is 0 Å². The van der Waals surface area contributed by atoms with E-state index < -0.39 is 0 Å². The van der Waals surface area contributed by atoms with E-state index in [0.29, 0.717) is 23.3 Å². The van der Waals surface area contributed by atoms with Gasteiger partial charge in [0, 0.05) is 0 Å². The fraction of sp³-hybridized carbons (Fsp3) is 0.636. The molecule has 0 atom stereocenters. The normalized spacial score (nSPS) is 17.7. The first-order valence-corrected chi connectivity index (χ1v) is 14.8. The third-order valence-corrected chi connectivity index (χ3v) is 8.65. The molecule has 2 aromatic carbocycles. The minimum atomic E-state index is 0.502. The second-order valence-corrected chi connectivity index (χ2v) is 11.4. The van der Waals surface area contributed by atoms with Crippen LogP contribution in [0.25, 0.3) is 0 Å². The Bertz CT molecular complexity index is 871. The second kappa shape index (κ2) is 12.8. The number of hydrogen-bond donors (Lipinski definition) is 2. The summed E-state index contributed by atoms with van der Waals surface area (Å²) in [6, 6.07) is 9.19. The zero-order valence-corrected chi connectivity index (χ0v) is 22.4. The summed E-state index contributed by atoms with van der Waals surface area (Å²) in [5, 5.41) is 22.4. The molecule has 0 unspecified atom stereocenters. The van der Waals surface area contributed by atoms with E-state index in [0.717, 1.165) is 56.1 Å². The molecule has 2 fully saturated rings. The van der Waals surface area contributed by atoms with Crippen LogP contribution in [-0.4, -0.2) is 10.2 Å². The molecular weight excluding hydrogens is 428 g/mol. The van der Waals surface area contributed by atoms with Gasteiger partial charge < -0.3 is 10.2 Å². The molecule has 0 bridgehead atoms. The number of rotatable bonds is 10. The highest BCUT2D eigenvalue weighted by atomic mass is 16.3. The summed E-state index contributed by atoms with van der Waals surface area (Å²) in [5.41, 5.74) is 7.34. The van der Waals surface area contributed by atoms with Gasteiger partial charge in [0.1, 0.15) is 11.5 Å². The van der Waals surface area contributed by atoms with Crippen molar-refractivity contribution in [2.45, 2.75) is 135 Å². The number of unbranched alkanes of at least 4 members (excludes halogenated alkanes) is 2. The minimum Gasteiger partial charge on any atom is -0.507 e. The summed E-state index contributed by atoms with van der Waals surface area (Å²) in [5.74, 6) is 2.15. The summed E-state index contributed by atoms with van der Waals surface area (Å²) >= 11 is 0. The quantitative estimate of drug-likeness (QED) is 0.358. The highest BCUT2D eigenvalue weighted by Crippen LogP contribution is 2.42. The van der Waals surface area contributed by atoms with E-state index in [2.05, 4.69) is 38.1 Å². The van der Waals surface area contributed by atoms with Crippen LogP contribution in [0.15, 0.2) is 24.3 Å². The molecule has 4 rings (SSSR count). The standard InChI is InChI=1S/C33H48O2/c1-3-5-13-28-20-24(22-30(32(28)34)26-15-9-7-10-16-26)19-25-21-29(14-6-4-2)33(35)31(23-25)27-17-11-8-12-18-27/h20-23,26-27,34-35H,3-19H2,1-2H3. The Morgan fingerprint density at radius 1 is 0.600 bits per heavy atom. The van der Waals surface area contributed by atoms with E-state index in [1.807, 2.05) is 0 Å². The molecule has 2 aliphatic carbocycles. The first-order chi connectivity index (χ1) is 17.1. The van der Waals surface area contributed by atoms with Crippen LogP contribution in [0.5, 0.6) is 11.5 Å². The van der Waals surface area contributed by atoms with Crippen molar-refractivity contribution in [3.63, 3.8) is 0 Å². The van der Waals surface area contributed by atoms with Crippen molar-refractivity contribution in [2.24, 2.45) is 0 Å². The van der Waals surface area contributed by atoms with Crippen molar-refractivity contribution in [1.29, 1.82) is 0 Å². The lowest BCUT2D eigenvalue weighted by Gasteiger charge is -2.26. The van der Waals surface area contributed by atoms with E-state index in [4.69, 9.17) is 0 Å². The SMILES string of the molecule is CCCCc1cc(Cc2cc(CCCC)c(O)c(C3CCCCC3)c2)cc(C2CCCCC2)c1O. The first-order valence-electron chi connectivity index (χ1n) is 14.8. The van der Waals surface area contributed by atoms with Crippen LogP contribution in [0.4, 0.5) is 0 Å². The summed E-state index contributed by atoms with van der Waals surface area (Å²) in [7, 11) is 0. The number of phenols is 2. The maximum absolute atomic E-state index is 11.2. The average Bonchev–Trinajstić information content (AvgIpc) is 2.89. The van der Waals surface area contributed by atoms with E-state index >= 15 is 0 Å². The molecular formula is C33H48O2. The van der Waals surface area contributed by atoms with Crippen LogP contribution in [0.3, 0.4) is 0 Å². The van der Waals surface area contributed by atoms with Gasteiger partial charge in [-0.25, -0.2) is 0 Å². The third kappa shape index (κ3) is 6.63. The topological polar surface area (TPSA) is 40.5 Å². The van der Waals surface area contributed by atoms with Crippen LogP contribution < -0.4 is 0 Å². The molecule has 0 heterocycles. The van der Waals surface area contributed by atoms with Crippen molar-refractivity contribution in [3.05, 3.63) is 57.6 Å². The van der Waals surface area contributed by atoms with Gasteiger partial charge in [-0.1, -0.05) is 89.5 Å². The molecule has 0 amide bonds. The third-order valence-electron chi connectivity index (χ3n) is 8.65. The van der Waals surface area contributed by atoms with Crippen molar-refractivity contribution < 1.29 is 10.2 Å². The number of hydrogen-bond acceptors (Lipinski definition) is 2. The number of benzene rings is 2. The van der Waals surface area contributed by atoms with E-state index in [9.17, 15) is 10.2 Å². The second-order valence-electron chi connectivity index (χ2n) is 11.4. The van der Waals surface area contributed by atoms with Crippen molar-refractivity contribution in [3.8, 4) is 11.5 Å². The smallest absolute Gasteiger partial charge is 0.122 e. The average molecular weight is 477 g/mol. The first kappa shape index (κ1) is 26.1. The van der Waals surface area contributed by atoms with E-state index in [-0.39, 0.29) is 0 Å². The maximum atomic E-state index is 11.2. The van der Waals surface area contributed by atoms with Gasteiger partial charge in [-0.05, 0) is 103 Å². The monoisotopic (exact) mass is 476 g/mol.